The van der Waals surface area contributed by atoms with Crippen molar-refractivity contribution in [2.75, 3.05) is 7.11 Å². The van der Waals surface area contributed by atoms with Crippen molar-refractivity contribution in [1.29, 1.82) is 0 Å². The minimum absolute atomic E-state index is 0.150. The Hall–Kier alpha value is -2.01. The van der Waals surface area contributed by atoms with E-state index in [4.69, 9.17) is 14.2 Å². The van der Waals surface area contributed by atoms with E-state index in [9.17, 15) is 4.79 Å². The maximum absolute atomic E-state index is 12.0. The number of rotatable bonds is 6. The largest absolute Gasteiger partial charge is 0.496 e. The summed E-state index contributed by atoms with van der Waals surface area (Å²) in [5.74, 6) is 0.885. The first-order valence-corrected chi connectivity index (χ1v) is 7.60. The lowest BCUT2D eigenvalue weighted by Gasteiger charge is -2.15. The summed E-state index contributed by atoms with van der Waals surface area (Å²) in [7, 11) is 1.58. The van der Waals surface area contributed by atoms with Crippen LogP contribution in [0.3, 0.4) is 0 Å². The van der Waals surface area contributed by atoms with Crippen LogP contribution in [0.15, 0.2) is 53.0 Å². The molecule has 0 saturated heterocycles. The lowest BCUT2D eigenvalue weighted by molar-refractivity contribution is -0.152. The minimum Gasteiger partial charge on any atom is -0.496 e. The number of halogens is 1. The molecule has 0 aliphatic rings. The summed E-state index contributed by atoms with van der Waals surface area (Å²) >= 11 is 3.35. The van der Waals surface area contributed by atoms with E-state index in [2.05, 4.69) is 15.9 Å². The first-order chi connectivity index (χ1) is 10.6. The van der Waals surface area contributed by atoms with Gasteiger partial charge in [0.15, 0.2) is 6.10 Å². The quantitative estimate of drug-likeness (QED) is 0.727. The van der Waals surface area contributed by atoms with Crippen LogP contribution < -0.4 is 9.47 Å². The van der Waals surface area contributed by atoms with Crippen molar-refractivity contribution in [2.45, 2.75) is 19.6 Å². The molecular weight excluding hydrogens is 348 g/mol. The van der Waals surface area contributed by atoms with Crippen molar-refractivity contribution in [3.63, 3.8) is 0 Å². The molecule has 0 aliphatic heterocycles. The summed E-state index contributed by atoms with van der Waals surface area (Å²) in [6.07, 6.45) is -0.684. The molecule has 4 nitrogen and oxygen atoms in total. The molecule has 0 aliphatic carbocycles. The maximum Gasteiger partial charge on any atom is 0.347 e. The van der Waals surface area contributed by atoms with Crippen LogP contribution in [0, 0.1) is 0 Å². The third-order valence-corrected chi connectivity index (χ3v) is 3.55. The van der Waals surface area contributed by atoms with Gasteiger partial charge in [0.05, 0.1) is 7.11 Å². The van der Waals surface area contributed by atoms with Crippen LogP contribution in [0.25, 0.3) is 0 Å². The molecule has 0 aromatic heterocycles. The van der Waals surface area contributed by atoms with Gasteiger partial charge in [-0.25, -0.2) is 4.79 Å². The van der Waals surface area contributed by atoms with Crippen LogP contribution in [0.2, 0.25) is 0 Å². The molecule has 0 saturated carbocycles. The first-order valence-electron chi connectivity index (χ1n) is 6.81. The minimum atomic E-state index is -0.684. The molecule has 0 radical (unpaired) electrons. The molecule has 0 bridgehead atoms. The Morgan fingerprint density at radius 1 is 1.14 bits per heavy atom. The third kappa shape index (κ3) is 4.49. The summed E-state index contributed by atoms with van der Waals surface area (Å²) < 4.78 is 17.0. The van der Waals surface area contributed by atoms with Gasteiger partial charge in [-0.15, -0.1) is 0 Å². The van der Waals surface area contributed by atoms with Gasteiger partial charge in [-0.3, -0.25) is 0 Å². The van der Waals surface area contributed by atoms with E-state index in [1.165, 1.54) is 0 Å². The Bertz CT molecular complexity index is 625. The molecule has 0 N–H and O–H groups in total. The van der Waals surface area contributed by atoms with Crippen LogP contribution in [0.4, 0.5) is 0 Å². The average molecular weight is 365 g/mol. The van der Waals surface area contributed by atoms with E-state index in [0.717, 1.165) is 10.0 Å². The zero-order chi connectivity index (χ0) is 15.9. The lowest BCUT2D eigenvalue weighted by atomic mass is 10.2. The van der Waals surface area contributed by atoms with Crippen molar-refractivity contribution < 1.29 is 19.0 Å². The monoisotopic (exact) mass is 364 g/mol. The van der Waals surface area contributed by atoms with Gasteiger partial charge in [0, 0.05) is 10.0 Å². The van der Waals surface area contributed by atoms with Gasteiger partial charge in [-0.1, -0.05) is 34.1 Å². The number of esters is 1. The van der Waals surface area contributed by atoms with Crippen LogP contribution in [0.5, 0.6) is 11.5 Å². The number of methoxy groups -OCH3 is 1. The number of ether oxygens (including phenoxy) is 3. The van der Waals surface area contributed by atoms with Crippen molar-refractivity contribution in [3.8, 4) is 11.5 Å². The van der Waals surface area contributed by atoms with Crippen molar-refractivity contribution in [3.05, 3.63) is 58.6 Å². The molecule has 1 atom stereocenters. The molecule has 0 heterocycles. The summed E-state index contributed by atoms with van der Waals surface area (Å²) in [5.41, 5.74) is 0.814. The van der Waals surface area contributed by atoms with E-state index < -0.39 is 12.1 Å². The van der Waals surface area contributed by atoms with E-state index in [1.54, 1.807) is 26.2 Å². The van der Waals surface area contributed by atoms with Gasteiger partial charge in [0.25, 0.3) is 0 Å². The number of carbonyl (C=O) groups excluding carboxylic acids is 1. The second-order valence-corrected chi connectivity index (χ2v) is 5.55. The van der Waals surface area contributed by atoms with Crippen LogP contribution in [-0.4, -0.2) is 19.2 Å². The molecule has 0 spiro atoms. The zero-order valence-electron chi connectivity index (χ0n) is 12.4. The van der Waals surface area contributed by atoms with E-state index in [-0.39, 0.29) is 6.61 Å². The second-order valence-electron chi connectivity index (χ2n) is 4.63. The molecule has 1 unspecified atom stereocenters. The molecule has 22 heavy (non-hydrogen) atoms. The average Bonchev–Trinajstić information content (AvgIpc) is 2.54. The summed E-state index contributed by atoms with van der Waals surface area (Å²) in [4.78, 5) is 12.0. The van der Waals surface area contributed by atoms with Gasteiger partial charge in [0.2, 0.25) is 0 Å². The zero-order valence-corrected chi connectivity index (χ0v) is 14.0. The van der Waals surface area contributed by atoms with E-state index in [1.807, 2.05) is 36.4 Å². The molecule has 2 aromatic carbocycles. The SMILES string of the molecule is COc1ccccc1COC(=O)C(C)Oc1ccc(Br)cc1. The Labute approximate surface area is 138 Å². The molecular formula is C17H17BrO4. The highest BCUT2D eigenvalue weighted by Crippen LogP contribution is 2.20. The van der Waals surface area contributed by atoms with Gasteiger partial charge in [0.1, 0.15) is 18.1 Å². The highest BCUT2D eigenvalue weighted by molar-refractivity contribution is 9.10. The van der Waals surface area contributed by atoms with Gasteiger partial charge >= 0.3 is 5.97 Å². The standard InChI is InChI=1S/C17H17BrO4/c1-12(22-15-9-7-14(18)8-10-15)17(19)21-11-13-5-3-4-6-16(13)20-2/h3-10,12H,11H2,1-2H3. The summed E-state index contributed by atoms with van der Waals surface area (Å²) in [6, 6.07) is 14.7. The Kier molecular flexibility index (Phi) is 5.83. The highest BCUT2D eigenvalue weighted by Gasteiger charge is 2.17. The number of hydrogen-bond donors (Lipinski definition) is 0. The number of benzene rings is 2. The van der Waals surface area contributed by atoms with Gasteiger partial charge in [-0.2, -0.15) is 0 Å². The van der Waals surface area contributed by atoms with Crippen LogP contribution in [-0.2, 0) is 16.1 Å². The summed E-state index contributed by atoms with van der Waals surface area (Å²) in [6.45, 7) is 1.81. The van der Waals surface area contributed by atoms with Crippen LogP contribution in [0.1, 0.15) is 12.5 Å². The van der Waals surface area contributed by atoms with Gasteiger partial charge in [-0.05, 0) is 37.3 Å². The van der Waals surface area contributed by atoms with Crippen molar-refractivity contribution in [2.24, 2.45) is 0 Å². The number of para-hydroxylation sites is 1. The Morgan fingerprint density at radius 3 is 2.50 bits per heavy atom. The van der Waals surface area contributed by atoms with Crippen LogP contribution >= 0.6 is 15.9 Å². The Balaban J connectivity index is 1.90. The predicted octanol–water partition coefficient (Wildman–Crippen LogP) is 3.97. The maximum atomic E-state index is 12.0. The predicted molar refractivity (Wildman–Crippen MR) is 87.0 cm³/mol. The molecule has 5 heteroatoms. The second kappa shape index (κ2) is 7.84. The molecule has 2 rings (SSSR count). The van der Waals surface area contributed by atoms with Crippen molar-refractivity contribution >= 4 is 21.9 Å². The van der Waals surface area contributed by atoms with E-state index in [0.29, 0.717) is 11.5 Å². The normalized spacial score (nSPS) is 11.6. The molecule has 2 aromatic rings. The lowest BCUT2D eigenvalue weighted by Crippen LogP contribution is -2.26. The number of carbonyl (C=O) groups is 1. The number of hydrogen-bond acceptors (Lipinski definition) is 4. The molecule has 0 amide bonds. The van der Waals surface area contributed by atoms with Crippen molar-refractivity contribution in [1.82, 2.24) is 0 Å². The molecule has 116 valence electrons. The highest BCUT2D eigenvalue weighted by atomic mass is 79.9. The first kappa shape index (κ1) is 16.4. The molecule has 0 fully saturated rings. The van der Waals surface area contributed by atoms with Gasteiger partial charge < -0.3 is 14.2 Å². The fourth-order valence-corrected chi connectivity index (χ4v) is 2.12. The smallest absolute Gasteiger partial charge is 0.347 e. The topological polar surface area (TPSA) is 44.8 Å². The fourth-order valence-electron chi connectivity index (χ4n) is 1.85. The third-order valence-electron chi connectivity index (χ3n) is 3.02. The Morgan fingerprint density at radius 2 is 1.82 bits per heavy atom. The summed E-state index contributed by atoms with van der Waals surface area (Å²) in [5, 5.41) is 0. The van der Waals surface area contributed by atoms with E-state index >= 15 is 0 Å². The fraction of sp³-hybridized carbons (Fsp3) is 0.235.